The molecular weight excluding hydrogens is 238 g/mol. The van der Waals surface area contributed by atoms with E-state index in [9.17, 15) is 5.11 Å². The minimum Gasteiger partial charge on any atom is -0.389 e. The first-order chi connectivity index (χ1) is 9.13. The van der Waals surface area contributed by atoms with Crippen molar-refractivity contribution in [3.05, 3.63) is 0 Å². The zero-order valence-electron chi connectivity index (χ0n) is 12.7. The van der Waals surface area contributed by atoms with E-state index in [4.69, 9.17) is 4.74 Å². The van der Waals surface area contributed by atoms with Crippen molar-refractivity contribution in [2.45, 2.75) is 83.0 Å². The SMILES string of the molecule is CCC1(NCC(O)COC2CCC(C)CC2)CCC1. The molecule has 0 aromatic rings. The maximum Gasteiger partial charge on any atom is 0.0898 e. The number of hydrogen-bond acceptors (Lipinski definition) is 3. The molecule has 3 nitrogen and oxygen atoms in total. The smallest absolute Gasteiger partial charge is 0.0898 e. The first-order valence-corrected chi connectivity index (χ1v) is 8.18. The van der Waals surface area contributed by atoms with Gasteiger partial charge in [-0.25, -0.2) is 0 Å². The van der Waals surface area contributed by atoms with Gasteiger partial charge in [0.25, 0.3) is 0 Å². The maximum atomic E-state index is 10.0. The first-order valence-electron chi connectivity index (χ1n) is 8.18. The lowest BCUT2D eigenvalue weighted by atomic mass is 9.75. The van der Waals surface area contributed by atoms with E-state index in [0.29, 0.717) is 24.8 Å². The van der Waals surface area contributed by atoms with Crippen LogP contribution in [-0.2, 0) is 4.74 Å². The Labute approximate surface area is 118 Å². The van der Waals surface area contributed by atoms with Gasteiger partial charge in [-0.1, -0.05) is 13.8 Å². The van der Waals surface area contributed by atoms with Gasteiger partial charge in [-0.15, -0.1) is 0 Å². The number of rotatable bonds is 7. The van der Waals surface area contributed by atoms with Crippen LogP contribution in [0.25, 0.3) is 0 Å². The van der Waals surface area contributed by atoms with Crippen molar-refractivity contribution in [1.82, 2.24) is 5.32 Å². The molecule has 2 aliphatic rings. The van der Waals surface area contributed by atoms with Gasteiger partial charge in [-0.05, 0) is 57.3 Å². The minimum atomic E-state index is -0.358. The molecule has 0 heterocycles. The molecule has 0 spiro atoms. The van der Waals surface area contributed by atoms with Crippen LogP contribution < -0.4 is 5.32 Å². The van der Waals surface area contributed by atoms with Gasteiger partial charge in [0.1, 0.15) is 0 Å². The normalized spacial score (nSPS) is 31.7. The fourth-order valence-corrected chi connectivity index (χ4v) is 3.30. The van der Waals surface area contributed by atoms with Crippen molar-refractivity contribution < 1.29 is 9.84 Å². The van der Waals surface area contributed by atoms with E-state index in [0.717, 1.165) is 5.92 Å². The first kappa shape index (κ1) is 15.3. The predicted octanol–water partition coefficient (Wildman–Crippen LogP) is 2.86. The van der Waals surface area contributed by atoms with Gasteiger partial charge in [0.2, 0.25) is 0 Å². The van der Waals surface area contributed by atoms with E-state index in [1.54, 1.807) is 0 Å². The van der Waals surface area contributed by atoms with Gasteiger partial charge < -0.3 is 15.2 Å². The van der Waals surface area contributed by atoms with Gasteiger partial charge in [-0.3, -0.25) is 0 Å². The van der Waals surface area contributed by atoms with Gasteiger partial charge in [0.15, 0.2) is 0 Å². The summed E-state index contributed by atoms with van der Waals surface area (Å²) >= 11 is 0. The Morgan fingerprint density at radius 2 is 1.95 bits per heavy atom. The number of hydrogen-bond donors (Lipinski definition) is 2. The van der Waals surface area contributed by atoms with Crippen molar-refractivity contribution in [3.63, 3.8) is 0 Å². The van der Waals surface area contributed by atoms with Gasteiger partial charge in [0.05, 0.1) is 18.8 Å². The highest BCUT2D eigenvalue weighted by molar-refractivity contribution is 4.95. The summed E-state index contributed by atoms with van der Waals surface area (Å²) in [6.07, 6.45) is 9.93. The average molecular weight is 269 g/mol. The Morgan fingerprint density at radius 3 is 2.47 bits per heavy atom. The summed E-state index contributed by atoms with van der Waals surface area (Å²) in [4.78, 5) is 0. The molecule has 2 N–H and O–H groups in total. The molecule has 0 aromatic heterocycles. The lowest BCUT2D eigenvalue weighted by Gasteiger charge is -2.43. The van der Waals surface area contributed by atoms with Gasteiger partial charge in [-0.2, -0.15) is 0 Å². The molecule has 0 aromatic carbocycles. The molecule has 0 amide bonds. The van der Waals surface area contributed by atoms with E-state index < -0.39 is 0 Å². The molecule has 2 saturated carbocycles. The molecule has 0 aliphatic heterocycles. The molecule has 1 atom stereocenters. The lowest BCUT2D eigenvalue weighted by molar-refractivity contribution is -0.0313. The zero-order valence-corrected chi connectivity index (χ0v) is 12.7. The van der Waals surface area contributed by atoms with Crippen molar-refractivity contribution in [3.8, 4) is 0 Å². The molecule has 2 aliphatic carbocycles. The summed E-state index contributed by atoms with van der Waals surface area (Å²) in [5.41, 5.74) is 0.321. The van der Waals surface area contributed by atoms with E-state index in [1.807, 2.05) is 0 Å². The lowest BCUT2D eigenvalue weighted by Crippen LogP contribution is -2.53. The van der Waals surface area contributed by atoms with Crippen molar-refractivity contribution in [2.75, 3.05) is 13.2 Å². The maximum absolute atomic E-state index is 10.0. The second-order valence-electron chi connectivity index (χ2n) is 6.74. The van der Waals surface area contributed by atoms with Crippen LogP contribution in [0, 0.1) is 5.92 Å². The van der Waals surface area contributed by atoms with E-state index in [2.05, 4.69) is 19.2 Å². The second kappa shape index (κ2) is 7.05. The summed E-state index contributed by atoms with van der Waals surface area (Å²) in [7, 11) is 0. The van der Waals surface area contributed by atoms with Gasteiger partial charge >= 0.3 is 0 Å². The van der Waals surface area contributed by atoms with Gasteiger partial charge in [0, 0.05) is 12.1 Å². The minimum absolute atomic E-state index is 0.321. The molecule has 112 valence electrons. The highest BCUT2D eigenvalue weighted by Crippen LogP contribution is 2.34. The molecule has 3 heteroatoms. The summed E-state index contributed by atoms with van der Waals surface area (Å²) < 4.78 is 5.85. The summed E-state index contributed by atoms with van der Waals surface area (Å²) in [6, 6.07) is 0. The number of β-amino-alcohol motifs (C(OH)–C–C–N with tert-alkyl or cyclic N) is 1. The van der Waals surface area contributed by atoms with Crippen LogP contribution in [0.4, 0.5) is 0 Å². The number of aliphatic hydroxyl groups is 1. The van der Waals surface area contributed by atoms with Crippen LogP contribution in [0.3, 0.4) is 0 Å². The largest absolute Gasteiger partial charge is 0.389 e. The summed E-state index contributed by atoms with van der Waals surface area (Å²) in [5, 5.41) is 13.6. The highest BCUT2D eigenvalue weighted by atomic mass is 16.5. The van der Waals surface area contributed by atoms with E-state index >= 15 is 0 Å². The number of nitrogens with one attached hydrogen (secondary N) is 1. The monoisotopic (exact) mass is 269 g/mol. The third-order valence-electron chi connectivity index (χ3n) is 5.19. The standard InChI is InChI=1S/C16H31NO2/c1-3-16(9-4-10-16)17-11-14(18)12-19-15-7-5-13(2)6-8-15/h13-15,17-18H,3-12H2,1-2H3. The fourth-order valence-electron chi connectivity index (χ4n) is 3.30. The quantitative estimate of drug-likeness (QED) is 0.747. The molecular formula is C16H31NO2. The van der Waals surface area contributed by atoms with Crippen LogP contribution >= 0.6 is 0 Å². The number of ether oxygens (including phenoxy) is 1. The molecule has 1 unspecified atom stereocenters. The van der Waals surface area contributed by atoms with Crippen LogP contribution in [-0.4, -0.2) is 36.0 Å². The Bertz CT molecular complexity index is 252. The molecule has 0 bridgehead atoms. The van der Waals surface area contributed by atoms with Crippen LogP contribution in [0.15, 0.2) is 0 Å². The van der Waals surface area contributed by atoms with Crippen molar-refractivity contribution in [2.24, 2.45) is 5.92 Å². The third-order valence-corrected chi connectivity index (χ3v) is 5.19. The average Bonchev–Trinajstić information content (AvgIpc) is 2.37. The second-order valence-corrected chi connectivity index (χ2v) is 6.74. The van der Waals surface area contributed by atoms with Crippen molar-refractivity contribution in [1.29, 1.82) is 0 Å². The molecule has 2 rings (SSSR count). The molecule has 0 saturated heterocycles. The van der Waals surface area contributed by atoms with Crippen LogP contribution in [0.1, 0.15) is 65.2 Å². The summed E-state index contributed by atoms with van der Waals surface area (Å²) in [6.45, 7) is 5.72. The van der Waals surface area contributed by atoms with Crippen LogP contribution in [0.2, 0.25) is 0 Å². The Kier molecular flexibility index (Phi) is 5.67. The Balaban J connectivity index is 1.58. The third kappa shape index (κ3) is 4.44. The number of aliphatic hydroxyl groups excluding tert-OH is 1. The topological polar surface area (TPSA) is 41.5 Å². The summed E-state index contributed by atoms with van der Waals surface area (Å²) in [5.74, 6) is 0.856. The predicted molar refractivity (Wildman–Crippen MR) is 78.3 cm³/mol. The Hall–Kier alpha value is -0.120. The zero-order chi connectivity index (χ0) is 13.7. The van der Waals surface area contributed by atoms with Crippen LogP contribution in [0.5, 0.6) is 0 Å². The van der Waals surface area contributed by atoms with E-state index in [1.165, 1.54) is 51.4 Å². The fraction of sp³-hybridized carbons (Fsp3) is 1.00. The van der Waals surface area contributed by atoms with Crippen molar-refractivity contribution >= 4 is 0 Å². The highest BCUT2D eigenvalue weighted by Gasteiger charge is 2.34. The Morgan fingerprint density at radius 1 is 1.26 bits per heavy atom. The molecule has 19 heavy (non-hydrogen) atoms. The van der Waals surface area contributed by atoms with E-state index in [-0.39, 0.29) is 6.10 Å². The molecule has 2 fully saturated rings. The molecule has 0 radical (unpaired) electrons.